The normalized spacial score (nSPS) is 13.0. The maximum atomic E-state index is 9.41. The second-order valence-electron chi connectivity index (χ2n) is 4.65. The van der Waals surface area contributed by atoms with Crippen LogP contribution >= 0.6 is 0 Å². The van der Waals surface area contributed by atoms with Crippen LogP contribution in [0.15, 0.2) is 40.8 Å². The summed E-state index contributed by atoms with van der Waals surface area (Å²) in [5.41, 5.74) is 2.36. The van der Waals surface area contributed by atoms with E-state index < -0.39 is 6.10 Å². The van der Waals surface area contributed by atoms with Gasteiger partial charge in [0.25, 0.3) is 0 Å². The van der Waals surface area contributed by atoms with E-state index in [1.165, 1.54) is 5.56 Å². The van der Waals surface area contributed by atoms with Crippen LogP contribution in [0.4, 0.5) is 0 Å². The van der Waals surface area contributed by atoms with Gasteiger partial charge in [0.1, 0.15) is 17.6 Å². The van der Waals surface area contributed by atoms with Gasteiger partial charge in [0.05, 0.1) is 0 Å². The maximum absolute atomic E-state index is 9.41. The summed E-state index contributed by atoms with van der Waals surface area (Å²) < 4.78 is 5.58. The van der Waals surface area contributed by atoms with Crippen molar-refractivity contribution in [2.24, 2.45) is 0 Å². The van der Waals surface area contributed by atoms with E-state index in [9.17, 15) is 5.11 Å². The molecular weight excluding hydrogens is 212 g/mol. The van der Waals surface area contributed by atoms with Crippen molar-refractivity contribution >= 4 is 0 Å². The fourth-order valence-corrected chi connectivity index (χ4v) is 1.76. The molecule has 0 bridgehead atoms. The first-order chi connectivity index (χ1) is 8.08. The lowest BCUT2D eigenvalue weighted by atomic mass is 10.0. The molecule has 2 heteroatoms. The average molecular weight is 230 g/mol. The van der Waals surface area contributed by atoms with Gasteiger partial charge in [-0.05, 0) is 30.5 Å². The third kappa shape index (κ3) is 2.59. The number of aliphatic hydroxyl groups excluding tert-OH is 1. The molecule has 0 saturated heterocycles. The minimum atomic E-state index is -0.557. The number of hydrogen-bond donors (Lipinski definition) is 1. The van der Waals surface area contributed by atoms with Crippen molar-refractivity contribution in [1.82, 2.24) is 0 Å². The van der Waals surface area contributed by atoms with E-state index >= 15 is 0 Å². The molecule has 2 aromatic rings. The lowest BCUT2D eigenvalue weighted by Crippen LogP contribution is -1.87. The van der Waals surface area contributed by atoms with E-state index in [0.29, 0.717) is 11.7 Å². The molecule has 0 spiro atoms. The SMILES string of the molecule is CC(C)c1ccc(-c2ccc(C(C)O)o2)cc1. The minimum absolute atomic E-state index is 0.536. The van der Waals surface area contributed by atoms with Crippen LogP contribution in [-0.4, -0.2) is 5.11 Å². The maximum Gasteiger partial charge on any atom is 0.134 e. The Morgan fingerprint density at radius 3 is 2.06 bits per heavy atom. The Morgan fingerprint density at radius 2 is 1.59 bits per heavy atom. The Morgan fingerprint density at radius 1 is 0.941 bits per heavy atom. The van der Waals surface area contributed by atoms with E-state index in [1.54, 1.807) is 6.92 Å². The van der Waals surface area contributed by atoms with Crippen molar-refractivity contribution < 1.29 is 9.52 Å². The highest BCUT2D eigenvalue weighted by Crippen LogP contribution is 2.26. The van der Waals surface area contributed by atoms with Crippen LogP contribution in [0.5, 0.6) is 0 Å². The molecular formula is C15H18O2. The van der Waals surface area contributed by atoms with Crippen LogP contribution in [-0.2, 0) is 0 Å². The van der Waals surface area contributed by atoms with E-state index in [4.69, 9.17) is 4.42 Å². The van der Waals surface area contributed by atoms with Crippen molar-refractivity contribution in [3.05, 3.63) is 47.7 Å². The van der Waals surface area contributed by atoms with Gasteiger partial charge >= 0.3 is 0 Å². The van der Waals surface area contributed by atoms with Gasteiger partial charge in [0.15, 0.2) is 0 Å². The molecule has 0 aliphatic carbocycles. The first kappa shape index (κ1) is 11.9. The topological polar surface area (TPSA) is 33.4 Å². The van der Waals surface area contributed by atoms with E-state index in [2.05, 4.69) is 38.1 Å². The van der Waals surface area contributed by atoms with Crippen molar-refractivity contribution in [3.63, 3.8) is 0 Å². The van der Waals surface area contributed by atoms with Gasteiger partial charge in [-0.1, -0.05) is 38.1 Å². The Labute approximate surface area is 102 Å². The summed E-state index contributed by atoms with van der Waals surface area (Å²) in [5, 5.41) is 9.41. The highest BCUT2D eigenvalue weighted by atomic mass is 16.4. The zero-order valence-electron chi connectivity index (χ0n) is 10.5. The molecule has 2 rings (SSSR count). The van der Waals surface area contributed by atoms with E-state index in [-0.39, 0.29) is 0 Å². The lowest BCUT2D eigenvalue weighted by Gasteiger charge is -2.05. The quantitative estimate of drug-likeness (QED) is 0.860. The molecule has 1 atom stereocenters. The van der Waals surface area contributed by atoms with Crippen LogP contribution in [0.2, 0.25) is 0 Å². The van der Waals surface area contributed by atoms with Crippen LogP contribution in [0.1, 0.15) is 44.1 Å². The molecule has 0 aliphatic rings. The molecule has 0 fully saturated rings. The smallest absolute Gasteiger partial charge is 0.134 e. The highest BCUT2D eigenvalue weighted by molar-refractivity contribution is 5.58. The summed E-state index contributed by atoms with van der Waals surface area (Å²) in [5.74, 6) is 1.94. The summed E-state index contributed by atoms with van der Waals surface area (Å²) >= 11 is 0. The van der Waals surface area contributed by atoms with Gasteiger partial charge in [0, 0.05) is 5.56 Å². The minimum Gasteiger partial charge on any atom is -0.458 e. The highest BCUT2D eigenvalue weighted by Gasteiger charge is 2.08. The van der Waals surface area contributed by atoms with Crippen molar-refractivity contribution in [3.8, 4) is 11.3 Å². The molecule has 0 radical (unpaired) electrons. The standard InChI is InChI=1S/C15H18O2/c1-10(2)12-4-6-13(7-5-12)15-9-8-14(17-15)11(3)16/h4-11,16H,1-3H3. The number of rotatable bonds is 3. The van der Waals surface area contributed by atoms with Gasteiger partial charge in [-0.3, -0.25) is 0 Å². The zero-order chi connectivity index (χ0) is 12.4. The molecule has 1 unspecified atom stereocenters. The van der Waals surface area contributed by atoms with E-state index in [1.807, 2.05) is 12.1 Å². The predicted octanol–water partition coefficient (Wildman–Crippen LogP) is 4.12. The van der Waals surface area contributed by atoms with Gasteiger partial charge in [0.2, 0.25) is 0 Å². The average Bonchev–Trinajstić information content (AvgIpc) is 2.78. The molecule has 0 saturated carbocycles. The van der Waals surface area contributed by atoms with Crippen molar-refractivity contribution in [1.29, 1.82) is 0 Å². The van der Waals surface area contributed by atoms with Crippen LogP contribution in [0, 0.1) is 0 Å². The lowest BCUT2D eigenvalue weighted by molar-refractivity contribution is 0.170. The molecule has 1 heterocycles. The zero-order valence-corrected chi connectivity index (χ0v) is 10.5. The predicted molar refractivity (Wildman–Crippen MR) is 68.9 cm³/mol. The monoisotopic (exact) mass is 230 g/mol. The number of aliphatic hydroxyl groups is 1. The third-order valence-electron chi connectivity index (χ3n) is 2.90. The van der Waals surface area contributed by atoms with Gasteiger partial charge in [-0.15, -0.1) is 0 Å². The van der Waals surface area contributed by atoms with Gasteiger partial charge in [-0.25, -0.2) is 0 Å². The van der Waals surface area contributed by atoms with Crippen LogP contribution in [0.3, 0.4) is 0 Å². The summed E-state index contributed by atoms with van der Waals surface area (Å²) in [6.45, 7) is 6.05. The summed E-state index contributed by atoms with van der Waals surface area (Å²) in [6, 6.07) is 12.1. The first-order valence-corrected chi connectivity index (χ1v) is 5.96. The second kappa shape index (κ2) is 4.76. The molecule has 0 amide bonds. The van der Waals surface area contributed by atoms with Crippen molar-refractivity contribution in [2.45, 2.75) is 32.8 Å². The fraction of sp³-hybridized carbons (Fsp3) is 0.333. The molecule has 1 aromatic carbocycles. The second-order valence-corrected chi connectivity index (χ2v) is 4.65. The number of furan rings is 1. The molecule has 90 valence electrons. The molecule has 17 heavy (non-hydrogen) atoms. The molecule has 1 N–H and O–H groups in total. The van der Waals surface area contributed by atoms with Gasteiger partial charge in [-0.2, -0.15) is 0 Å². The Balaban J connectivity index is 2.27. The van der Waals surface area contributed by atoms with E-state index in [0.717, 1.165) is 11.3 Å². The van der Waals surface area contributed by atoms with Crippen molar-refractivity contribution in [2.75, 3.05) is 0 Å². The number of benzene rings is 1. The summed E-state index contributed by atoms with van der Waals surface area (Å²) in [4.78, 5) is 0. The summed E-state index contributed by atoms with van der Waals surface area (Å²) in [6.07, 6.45) is -0.557. The summed E-state index contributed by atoms with van der Waals surface area (Å²) in [7, 11) is 0. The Bertz CT molecular complexity index is 478. The fourth-order valence-electron chi connectivity index (χ4n) is 1.76. The largest absolute Gasteiger partial charge is 0.458 e. The van der Waals surface area contributed by atoms with Gasteiger partial charge < -0.3 is 9.52 Å². The first-order valence-electron chi connectivity index (χ1n) is 5.96. The van der Waals surface area contributed by atoms with Crippen LogP contribution < -0.4 is 0 Å². The van der Waals surface area contributed by atoms with Crippen LogP contribution in [0.25, 0.3) is 11.3 Å². The Kier molecular flexibility index (Phi) is 3.34. The molecule has 1 aromatic heterocycles. The number of hydrogen-bond acceptors (Lipinski definition) is 2. The molecule has 2 nitrogen and oxygen atoms in total. The molecule has 0 aliphatic heterocycles. The third-order valence-corrected chi connectivity index (χ3v) is 2.90. The Hall–Kier alpha value is -1.54.